The first-order valence-corrected chi connectivity index (χ1v) is 7.58. The fraction of sp³-hybridized carbons (Fsp3) is 0.800. The van der Waals surface area contributed by atoms with Crippen molar-refractivity contribution < 1.29 is 0 Å². The van der Waals surface area contributed by atoms with Gasteiger partial charge in [0.25, 0.3) is 0 Å². The van der Waals surface area contributed by atoms with E-state index in [4.69, 9.17) is 0 Å². The van der Waals surface area contributed by atoms with Gasteiger partial charge in [0.05, 0.1) is 6.33 Å². The Bertz CT molecular complexity index is 373. The molecule has 1 saturated carbocycles. The van der Waals surface area contributed by atoms with Gasteiger partial charge in [-0.15, -0.1) is 0 Å². The van der Waals surface area contributed by atoms with Crippen LogP contribution in [0.2, 0.25) is 0 Å². The molecule has 0 bridgehead atoms. The lowest BCUT2D eigenvalue weighted by molar-refractivity contribution is 0.339. The summed E-state index contributed by atoms with van der Waals surface area (Å²) in [6.45, 7) is 4.70. The van der Waals surface area contributed by atoms with Gasteiger partial charge in [0.2, 0.25) is 0 Å². The third kappa shape index (κ3) is 2.33. The van der Waals surface area contributed by atoms with Gasteiger partial charge in [0.15, 0.2) is 0 Å². The van der Waals surface area contributed by atoms with E-state index in [1.54, 1.807) is 0 Å². The topological polar surface area (TPSA) is 29.9 Å². The first-order valence-electron chi connectivity index (χ1n) is 7.58. The lowest BCUT2D eigenvalue weighted by atomic mass is 9.94. The zero-order chi connectivity index (χ0) is 12.4. The highest BCUT2D eigenvalue weighted by atomic mass is 15.1. The Morgan fingerprint density at radius 2 is 2.11 bits per heavy atom. The van der Waals surface area contributed by atoms with E-state index in [-0.39, 0.29) is 0 Å². The van der Waals surface area contributed by atoms with E-state index in [0.717, 1.165) is 12.5 Å². The van der Waals surface area contributed by atoms with Crippen molar-refractivity contribution in [2.24, 2.45) is 5.92 Å². The maximum Gasteiger partial charge on any atom is 0.0950 e. The minimum Gasteiger partial charge on any atom is -0.331 e. The highest BCUT2D eigenvalue weighted by molar-refractivity contribution is 5.10. The molecule has 2 heterocycles. The number of nitrogens with zero attached hydrogens (tertiary/aromatic N) is 2. The molecule has 0 radical (unpaired) electrons. The fourth-order valence-electron chi connectivity index (χ4n) is 3.74. The molecule has 1 aliphatic carbocycles. The molecule has 2 fully saturated rings. The van der Waals surface area contributed by atoms with Crippen molar-refractivity contribution in [3.8, 4) is 0 Å². The molecule has 1 N–H and O–H groups in total. The van der Waals surface area contributed by atoms with Crippen molar-refractivity contribution in [3.05, 3.63) is 18.2 Å². The van der Waals surface area contributed by atoms with Crippen LogP contribution < -0.4 is 5.32 Å². The molecule has 18 heavy (non-hydrogen) atoms. The quantitative estimate of drug-likeness (QED) is 0.889. The van der Waals surface area contributed by atoms with Crippen LogP contribution in [0.15, 0.2) is 12.5 Å². The summed E-state index contributed by atoms with van der Waals surface area (Å²) in [4.78, 5) is 4.42. The predicted molar refractivity (Wildman–Crippen MR) is 73.7 cm³/mol. The van der Waals surface area contributed by atoms with Gasteiger partial charge in [-0.05, 0) is 45.1 Å². The summed E-state index contributed by atoms with van der Waals surface area (Å²) in [5, 5.41) is 3.52. The van der Waals surface area contributed by atoms with E-state index in [1.165, 1.54) is 50.8 Å². The maximum absolute atomic E-state index is 4.42. The third-order valence-electron chi connectivity index (χ3n) is 4.93. The highest BCUT2D eigenvalue weighted by Crippen LogP contribution is 2.36. The minimum atomic E-state index is 0.631. The molecule has 3 nitrogen and oxygen atoms in total. The van der Waals surface area contributed by atoms with Crippen LogP contribution in [0.3, 0.4) is 0 Å². The molecule has 2 aliphatic rings. The SMILES string of the molecule is CC(C1CCCC1)n1cncc1C1CCCNC1. The van der Waals surface area contributed by atoms with Crippen LogP contribution in [0.4, 0.5) is 0 Å². The Kier molecular flexibility index (Phi) is 3.69. The van der Waals surface area contributed by atoms with Crippen LogP contribution in [0.1, 0.15) is 63.1 Å². The molecule has 0 spiro atoms. The molecule has 3 heteroatoms. The van der Waals surface area contributed by atoms with Crippen molar-refractivity contribution in [3.63, 3.8) is 0 Å². The van der Waals surface area contributed by atoms with E-state index in [1.807, 2.05) is 0 Å². The van der Waals surface area contributed by atoms with Gasteiger partial charge >= 0.3 is 0 Å². The molecule has 1 aromatic rings. The summed E-state index contributed by atoms with van der Waals surface area (Å²) >= 11 is 0. The van der Waals surface area contributed by atoms with Gasteiger partial charge in [-0.25, -0.2) is 4.98 Å². The van der Waals surface area contributed by atoms with Crippen molar-refractivity contribution in [1.29, 1.82) is 0 Å². The molecule has 2 atom stereocenters. The number of nitrogens with one attached hydrogen (secondary N) is 1. The van der Waals surface area contributed by atoms with Crippen LogP contribution in [-0.2, 0) is 0 Å². The zero-order valence-electron chi connectivity index (χ0n) is 11.4. The van der Waals surface area contributed by atoms with Gasteiger partial charge in [0, 0.05) is 30.4 Å². The lowest BCUT2D eigenvalue weighted by Crippen LogP contribution is -2.30. The maximum atomic E-state index is 4.42. The molecule has 0 amide bonds. The minimum absolute atomic E-state index is 0.631. The van der Waals surface area contributed by atoms with Gasteiger partial charge < -0.3 is 9.88 Å². The van der Waals surface area contributed by atoms with Crippen molar-refractivity contribution >= 4 is 0 Å². The largest absolute Gasteiger partial charge is 0.331 e. The molecule has 1 aliphatic heterocycles. The summed E-state index contributed by atoms with van der Waals surface area (Å²) in [5.74, 6) is 1.54. The summed E-state index contributed by atoms with van der Waals surface area (Å²) in [7, 11) is 0. The second-order valence-corrected chi connectivity index (χ2v) is 6.05. The number of hydrogen-bond acceptors (Lipinski definition) is 2. The molecule has 3 rings (SSSR count). The van der Waals surface area contributed by atoms with E-state index < -0.39 is 0 Å². The Labute approximate surface area is 110 Å². The fourth-order valence-corrected chi connectivity index (χ4v) is 3.74. The summed E-state index contributed by atoms with van der Waals surface area (Å²) in [6.07, 6.45) is 12.4. The molecule has 1 saturated heterocycles. The van der Waals surface area contributed by atoms with Crippen LogP contribution in [0.5, 0.6) is 0 Å². The van der Waals surface area contributed by atoms with Gasteiger partial charge in [-0.2, -0.15) is 0 Å². The normalized spacial score (nSPS) is 27.5. The lowest BCUT2D eigenvalue weighted by Gasteiger charge is -2.28. The van der Waals surface area contributed by atoms with Gasteiger partial charge in [-0.3, -0.25) is 0 Å². The Morgan fingerprint density at radius 3 is 2.83 bits per heavy atom. The molecule has 0 aromatic carbocycles. The summed E-state index contributed by atoms with van der Waals surface area (Å²) < 4.78 is 2.47. The van der Waals surface area contributed by atoms with Crippen LogP contribution in [0.25, 0.3) is 0 Å². The summed E-state index contributed by atoms with van der Waals surface area (Å²) in [5.41, 5.74) is 1.46. The van der Waals surface area contributed by atoms with Gasteiger partial charge in [0.1, 0.15) is 0 Å². The molecule has 2 unspecified atom stereocenters. The Hall–Kier alpha value is -0.830. The van der Waals surface area contributed by atoms with Crippen LogP contribution in [-0.4, -0.2) is 22.6 Å². The second kappa shape index (κ2) is 5.43. The standard InChI is InChI=1S/C15H25N3/c1-12(13-5-2-3-6-13)18-11-17-10-15(18)14-7-4-8-16-9-14/h10-14,16H,2-9H2,1H3. The molecule has 1 aromatic heterocycles. The van der Waals surface area contributed by atoms with Crippen molar-refractivity contribution in [1.82, 2.24) is 14.9 Å². The monoisotopic (exact) mass is 247 g/mol. The number of piperidine rings is 1. The number of aromatic nitrogens is 2. The zero-order valence-corrected chi connectivity index (χ0v) is 11.4. The second-order valence-electron chi connectivity index (χ2n) is 6.05. The van der Waals surface area contributed by atoms with E-state index in [9.17, 15) is 0 Å². The molecule has 100 valence electrons. The number of hydrogen-bond donors (Lipinski definition) is 1. The average Bonchev–Trinajstić information content (AvgIpc) is 3.10. The van der Waals surface area contributed by atoms with E-state index in [2.05, 4.69) is 34.3 Å². The van der Waals surface area contributed by atoms with E-state index >= 15 is 0 Å². The van der Waals surface area contributed by atoms with E-state index in [0.29, 0.717) is 12.0 Å². The first kappa shape index (κ1) is 12.2. The van der Waals surface area contributed by atoms with Crippen LogP contribution >= 0.6 is 0 Å². The number of rotatable bonds is 3. The first-order chi connectivity index (χ1) is 8.86. The Morgan fingerprint density at radius 1 is 1.28 bits per heavy atom. The number of imidazole rings is 1. The average molecular weight is 247 g/mol. The highest BCUT2D eigenvalue weighted by Gasteiger charge is 2.26. The Balaban J connectivity index is 1.77. The molecular weight excluding hydrogens is 222 g/mol. The van der Waals surface area contributed by atoms with Crippen molar-refractivity contribution in [2.45, 2.75) is 57.4 Å². The van der Waals surface area contributed by atoms with Crippen molar-refractivity contribution in [2.75, 3.05) is 13.1 Å². The summed E-state index contributed by atoms with van der Waals surface area (Å²) in [6, 6.07) is 0.631. The smallest absolute Gasteiger partial charge is 0.0950 e. The van der Waals surface area contributed by atoms with Gasteiger partial charge in [-0.1, -0.05) is 12.8 Å². The third-order valence-corrected chi connectivity index (χ3v) is 4.93. The predicted octanol–water partition coefficient (Wildman–Crippen LogP) is 3.10. The molecular formula is C15H25N3. The van der Waals surface area contributed by atoms with Crippen LogP contribution in [0, 0.1) is 5.92 Å².